The van der Waals surface area contributed by atoms with Crippen LogP contribution in [0.2, 0.25) is 0 Å². The fourth-order valence-corrected chi connectivity index (χ4v) is 3.79. The maximum Gasteiger partial charge on any atom is 0.173 e. The van der Waals surface area contributed by atoms with Gasteiger partial charge in [0.15, 0.2) is 5.82 Å². The normalized spacial score (nSPS) is 11.8. The Kier molecular flexibility index (Phi) is 5.49. The van der Waals surface area contributed by atoms with Gasteiger partial charge in [-0.2, -0.15) is 5.10 Å². The van der Waals surface area contributed by atoms with E-state index >= 15 is 0 Å². The van der Waals surface area contributed by atoms with Gasteiger partial charge in [0, 0.05) is 5.33 Å². The van der Waals surface area contributed by atoms with Crippen molar-refractivity contribution in [2.45, 2.75) is 5.54 Å². The summed E-state index contributed by atoms with van der Waals surface area (Å²) < 4.78 is 1.97. The molecule has 4 aromatic rings. The number of benzene rings is 3. The molecule has 4 heteroatoms. The maximum absolute atomic E-state index is 4.85. The molecule has 0 N–H and O–H groups in total. The molecule has 1 aromatic heterocycles. The van der Waals surface area contributed by atoms with E-state index in [1.807, 2.05) is 41.4 Å². The van der Waals surface area contributed by atoms with Crippen LogP contribution >= 0.6 is 15.9 Å². The van der Waals surface area contributed by atoms with Gasteiger partial charge >= 0.3 is 0 Å². The van der Waals surface area contributed by atoms with Gasteiger partial charge in [0.1, 0.15) is 11.9 Å². The zero-order chi connectivity index (χ0) is 19.2. The number of hydrogen-bond donors (Lipinski definition) is 0. The van der Waals surface area contributed by atoms with Crippen LogP contribution in [-0.2, 0) is 5.54 Å². The highest BCUT2D eigenvalue weighted by Crippen LogP contribution is 2.40. The zero-order valence-corrected chi connectivity index (χ0v) is 16.9. The van der Waals surface area contributed by atoms with Gasteiger partial charge in [-0.25, -0.2) is 9.67 Å². The number of nitrogens with zero attached hydrogens (tertiary/aromatic N) is 3. The van der Waals surface area contributed by atoms with E-state index in [0.29, 0.717) is 5.82 Å². The largest absolute Gasteiger partial charge is 0.233 e. The Hall–Kier alpha value is -2.98. The lowest BCUT2D eigenvalue weighted by molar-refractivity contribution is 0.458. The molecular weight excluding hydrogens is 410 g/mol. The molecule has 0 unspecified atom stereocenters. The van der Waals surface area contributed by atoms with Crippen LogP contribution in [0, 0.1) is 0 Å². The second-order valence-corrected chi connectivity index (χ2v) is 7.06. The Balaban J connectivity index is 2.04. The summed E-state index contributed by atoms with van der Waals surface area (Å²) >= 11 is 3.41. The number of halogens is 1. The summed E-state index contributed by atoms with van der Waals surface area (Å²) in [5.41, 5.74) is 2.78. The highest BCUT2D eigenvalue weighted by molar-refractivity contribution is 9.09. The van der Waals surface area contributed by atoms with E-state index < -0.39 is 5.54 Å². The van der Waals surface area contributed by atoms with Crippen molar-refractivity contribution in [3.8, 4) is 0 Å². The summed E-state index contributed by atoms with van der Waals surface area (Å²) in [5.74, 6) is 0.687. The number of alkyl halides is 1. The molecule has 0 radical (unpaired) electrons. The SMILES string of the molecule is BrCC=Cc1ncn(C(c2ccccc2)(c2ccccc2)c2ccccc2)n1. The van der Waals surface area contributed by atoms with Gasteiger partial charge in [-0.1, -0.05) is 113 Å². The van der Waals surface area contributed by atoms with Crippen LogP contribution in [0.3, 0.4) is 0 Å². The van der Waals surface area contributed by atoms with Crippen molar-refractivity contribution in [3.05, 3.63) is 126 Å². The van der Waals surface area contributed by atoms with Crippen molar-refractivity contribution >= 4 is 22.0 Å². The lowest BCUT2D eigenvalue weighted by atomic mass is 9.77. The van der Waals surface area contributed by atoms with Crippen molar-refractivity contribution in [1.29, 1.82) is 0 Å². The molecule has 0 aliphatic carbocycles. The van der Waals surface area contributed by atoms with Gasteiger partial charge in [0.2, 0.25) is 0 Å². The van der Waals surface area contributed by atoms with E-state index in [-0.39, 0.29) is 0 Å². The summed E-state index contributed by atoms with van der Waals surface area (Å²) in [6.45, 7) is 0. The fourth-order valence-electron chi connectivity index (χ4n) is 3.60. The van der Waals surface area contributed by atoms with Crippen LogP contribution in [0.25, 0.3) is 6.08 Å². The van der Waals surface area contributed by atoms with Gasteiger partial charge in [-0.15, -0.1) is 0 Å². The predicted octanol–water partition coefficient (Wildman–Crippen LogP) is 5.53. The highest BCUT2D eigenvalue weighted by atomic mass is 79.9. The minimum atomic E-state index is -0.614. The average molecular weight is 430 g/mol. The number of rotatable bonds is 6. The van der Waals surface area contributed by atoms with Gasteiger partial charge in [-0.05, 0) is 22.8 Å². The Morgan fingerprint density at radius 1 is 0.750 bits per heavy atom. The molecule has 1 heterocycles. The Morgan fingerprint density at radius 2 is 1.21 bits per heavy atom. The van der Waals surface area contributed by atoms with E-state index in [2.05, 4.69) is 93.7 Å². The van der Waals surface area contributed by atoms with Crippen LogP contribution in [0.1, 0.15) is 22.5 Å². The summed E-state index contributed by atoms with van der Waals surface area (Å²) in [6, 6.07) is 31.4. The maximum atomic E-state index is 4.85. The van der Waals surface area contributed by atoms with Gasteiger partial charge in [-0.3, -0.25) is 0 Å². The van der Waals surface area contributed by atoms with E-state index in [9.17, 15) is 0 Å². The number of hydrogen-bond acceptors (Lipinski definition) is 2. The van der Waals surface area contributed by atoms with Crippen molar-refractivity contribution in [3.63, 3.8) is 0 Å². The third kappa shape index (κ3) is 3.32. The molecule has 28 heavy (non-hydrogen) atoms. The second-order valence-electron chi connectivity index (χ2n) is 6.41. The predicted molar refractivity (Wildman–Crippen MR) is 117 cm³/mol. The minimum Gasteiger partial charge on any atom is -0.233 e. The third-order valence-corrected chi connectivity index (χ3v) is 5.16. The van der Waals surface area contributed by atoms with Crippen LogP contribution in [0.15, 0.2) is 103 Å². The first-order valence-corrected chi connectivity index (χ1v) is 10.3. The lowest BCUT2D eigenvalue weighted by Crippen LogP contribution is -2.38. The molecule has 4 rings (SSSR count). The summed E-state index contributed by atoms with van der Waals surface area (Å²) in [6.07, 6.45) is 5.74. The van der Waals surface area contributed by atoms with E-state index in [4.69, 9.17) is 5.10 Å². The molecule has 138 valence electrons. The van der Waals surface area contributed by atoms with Gasteiger partial charge in [0.25, 0.3) is 0 Å². The first-order valence-electron chi connectivity index (χ1n) is 9.17. The Labute approximate surface area is 173 Å². The first-order chi connectivity index (χ1) is 13.9. The third-order valence-electron chi connectivity index (χ3n) is 4.78. The summed E-state index contributed by atoms with van der Waals surface area (Å²) in [7, 11) is 0. The standard InChI is InChI=1S/C24H20BrN3/c25-18-10-17-23-26-19-28(27-23)24(20-11-4-1-5-12-20,21-13-6-2-7-14-21)22-15-8-3-9-16-22/h1-17,19H,18H2. The van der Waals surface area contributed by atoms with Crippen molar-refractivity contribution < 1.29 is 0 Å². The topological polar surface area (TPSA) is 30.7 Å². The van der Waals surface area contributed by atoms with E-state index in [1.165, 1.54) is 0 Å². The molecule has 0 saturated heterocycles. The average Bonchev–Trinajstić information content (AvgIpc) is 3.24. The van der Waals surface area contributed by atoms with Gasteiger partial charge < -0.3 is 0 Å². The van der Waals surface area contributed by atoms with Crippen LogP contribution in [-0.4, -0.2) is 20.1 Å². The molecule has 0 bridgehead atoms. The summed E-state index contributed by atoms with van der Waals surface area (Å²) in [4.78, 5) is 4.54. The molecular formula is C24H20BrN3. The molecule has 0 aliphatic heterocycles. The molecule has 0 spiro atoms. The molecule has 0 saturated carbocycles. The monoisotopic (exact) mass is 429 g/mol. The number of aromatic nitrogens is 3. The minimum absolute atomic E-state index is 0.614. The van der Waals surface area contributed by atoms with Crippen molar-refractivity contribution in [2.24, 2.45) is 0 Å². The van der Waals surface area contributed by atoms with Gasteiger partial charge in [0.05, 0.1) is 0 Å². The smallest absolute Gasteiger partial charge is 0.173 e. The van der Waals surface area contributed by atoms with Crippen molar-refractivity contribution in [1.82, 2.24) is 14.8 Å². The van der Waals surface area contributed by atoms with Crippen LogP contribution in [0.4, 0.5) is 0 Å². The quantitative estimate of drug-likeness (QED) is 0.298. The second kappa shape index (κ2) is 8.36. The highest BCUT2D eigenvalue weighted by Gasteiger charge is 2.39. The zero-order valence-electron chi connectivity index (χ0n) is 15.3. The molecule has 0 atom stereocenters. The molecule has 3 nitrogen and oxygen atoms in total. The summed E-state index contributed by atoms with van der Waals surface area (Å²) in [5, 5.41) is 5.61. The van der Waals surface area contributed by atoms with E-state index in [1.54, 1.807) is 0 Å². The molecule has 0 fully saturated rings. The van der Waals surface area contributed by atoms with Crippen molar-refractivity contribution in [2.75, 3.05) is 5.33 Å². The van der Waals surface area contributed by atoms with Crippen LogP contribution in [0.5, 0.6) is 0 Å². The fraction of sp³-hybridized carbons (Fsp3) is 0.0833. The lowest BCUT2D eigenvalue weighted by Gasteiger charge is -2.35. The molecule has 0 aliphatic rings. The number of allylic oxidation sites excluding steroid dienone is 1. The Bertz CT molecular complexity index is 944. The van der Waals surface area contributed by atoms with Crippen LogP contribution < -0.4 is 0 Å². The Morgan fingerprint density at radius 3 is 1.64 bits per heavy atom. The molecule has 0 amide bonds. The molecule has 3 aromatic carbocycles. The van der Waals surface area contributed by atoms with E-state index in [0.717, 1.165) is 22.0 Å². The first kappa shape index (κ1) is 18.4.